The van der Waals surface area contributed by atoms with Gasteiger partial charge in [0.25, 0.3) is 0 Å². The summed E-state index contributed by atoms with van der Waals surface area (Å²) in [5.74, 6) is -0.404. The molecule has 1 heterocycles. The highest BCUT2D eigenvalue weighted by atomic mass is 35.5. The number of benzene rings is 2. The van der Waals surface area contributed by atoms with E-state index in [-0.39, 0.29) is 5.02 Å². The first-order chi connectivity index (χ1) is 10.1. The Hall–Kier alpha value is -1.55. The van der Waals surface area contributed by atoms with Crippen LogP contribution >= 0.6 is 23.2 Å². The van der Waals surface area contributed by atoms with Crippen LogP contribution in [0.2, 0.25) is 10.0 Å². The molecular formula is C16H13Cl2FN2. The molecule has 0 unspecified atom stereocenters. The lowest BCUT2D eigenvalue weighted by Crippen LogP contribution is -2.13. The van der Waals surface area contributed by atoms with E-state index in [0.717, 1.165) is 27.2 Å². The molecule has 0 fully saturated rings. The molecule has 0 atom stereocenters. The quantitative estimate of drug-likeness (QED) is 0.702. The molecule has 2 nitrogen and oxygen atoms in total. The Bertz CT molecular complexity index is 783. The fraction of sp³-hybridized carbons (Fsp3) is 0.125. The second-order valence-electron chi connectivity index (χ2n) is 4.82. The molecule has 0 spiro atoms. The molecule has 108 valence electrons. The first-order valence-electron chi connectivity index (χ1n) is 6.55. The van der Waals surface area contributed by atoms with Crippen LogP contribution in [0.5, 0.6) is 0 Å². The molecule has 0 bridgehead atoms. The van der Waals surface area contributed by atoms with E-state index in [1.54, 1.807) is 12.1 Å². The molecule has 0 amide bonds. The minimum atomic E-state index is -0.404. The molecule has 0 saturated carbocycles. The Balaban J connectivity index is 1.69. The topological polar surface area (TPSA) is 27.8 Å². The number of halogens is 3. The van der Waals surface area contributed by atoms with Crippen LogP contribution in [0.3, 0.4) is 0 Å². The monoisotopic (exact) mass is 322 g/mol. The van der Waals surface area contributed by atoms with Crippen molar-refractivity contribution in [2.24, 2.45) is 0 Å². The summed E-state index contributed by atoms with van der Waals surface area (Å²) in [5, 5.41) is 5.15. The van der Waals surface area contributed by atoms with E-state index in [1.165, 1.54) is 6.07 Å². The third kappa shape index (κ3) is 3.05. The van der Waals surface area contributed by atoms with Gasteiger partial charge < -0.3 is 10.3 Å². The van der Waals surface area contributed by atoms with Crippen LogP contribution < -0.4 is 5.32 Å². The highest BCUT2D eigenvalue weighted by Crippen LogP contribution is 2.27. The average molecular weight is 323 g/mol. The third-order valence-corrected chi connectivity index (χ3v) is 4.05. The van der Waals surface area contributed by atoms with Crippen LogP contribution in [0.15, 0.2) is 42.5 Å². The second-order valence-corrected chi connectivity index (χ2v) is 5.60. The smallest absolute Gasteiger partial charge is 0.141 e. The average Bonchev–Trinajstić information content (AvgIpc) is 2.80. The Labute approximate surface area is 131 Å². The van der Waals surface area contributed by atoms with Crippen molar-refractivity contribution in [2.75, 3.05) is 0 Å². The maximum atomic E-state index is 13.1. The van der Waals surface area contributed by atoms with Crippen LogP contribution in [-0.4, -0.2) is 4.98 Å². The fourth-order valence-electron chi connectivity index (χ4n) is 2.27. The molecule has 0 aliphatic carbocycles. The van der Waals surface area contributed by atoms with Crippen molar-refractivity contribution >= 4 is 34.1 Å². The van der Waals surface area contributed by atoms with Crippen LogP contribution in [0, 0.1) is 5.82 Å². The summed E-state index contributed by atoms with van der Waals surface area (Å²) >= 11 is 12.1. The minimum Gasteiger partial charge on any atom is -0.356 e. The number of hydrogen-bond donors (Lipinski definition) is 2. The van der Waals surface area contributed by atoms with Crippen molar-refractivity contribution in [3.63, 3.8) is 0 Å². The second kappa shape index (κ2) is 6.06. The van der Waals surface area contributed by atoms with Gasteiger partial charge in [-0.25, -0.2) is 4.39 Å². The van der Waals surface area contributed by atoms with Crippen molar-refractivity contribution in [1.29, 1.82) is 0 Å². The largest absolute Gasteiger partial charge is 0.356 e. The Morgan fingerprint density at radius 1 is 1.05 bits per heavy atom. The summed E-state index contributed by atoms with van der Waals surface area (Å²) in [5.41, 5.74) is 2.88. The number of aromatic nitrogens is 1. The first-order valence-corrected chi connectivity index (χ1v) is 7.30. The summed E-state index contributed by atoms with van der Waals surface area (Å²) < 4.78 is 13.1. The molecule has 0 aliphatic rings. The van der Waals surface area contributed by atoms with Crippen molar-refractivity contribution in [3.05, 3.63) is 69.6 Å². The summed E-state index contributed by atoms with van der Waals surface area (Å²) in [6.07, 6.45) is 0. The molecule has 5 heteroatoms. The first kappa shape index (κ1) is 14.4. The number of fused-ring (bicyclic) bond motifs is 1. The van der Waals surface area contributed by atoms with Crippen molar-refractivity contribution in [2.45, 2.75) is 13.1 Å². The highest BCUT2D eigenvalue weighted by molar-refractivity contribution is 6.36. The van der Waals surface area contributed by atoms with E-state index in [1.807, 2.05) is 24.3 Å². The minimum absolute atomic E-state index is 0.137. The molecule has 2 N–H and O–H groups in total. The maximum absolute atomic E-state index is 13.1. The number of aromatic amines is 1. The summed E-state index contributed by atoms with van der Waals surface area (Å²) in [4.78, 5) is 3.29. The predicted molar refractivity (Wildman–Crippen MR) is 85.3 cm³/mol. The molecule has 0 radical (unpaired) electrons. The lowest BCUT2D eigenvalue weighted by Gasteiger charge is -2.05. The number of para-hydroxylation sites is 1. The number of rotatable bonds is 4. The van der Waals surface area contributed by atoms with Crippen molar-refractivity contribution in [1.82, 2.24) is 10.3 Å². The van der Waals surface area contributed by atoms with Crippen LogP contribution in [0.1, 0.15) is 11.3 Å². The van der Waals surface area contributed by atoms with Gasteiger partial charge in [0.15, 0.2) is 0 Å². The van der Waals surface area contributed by atoms with E-state index in [9.17, 15) is 4.39 Å². The molecule has 2 aromatic carbocycles. The van der Waals surface area contributed by atoms with Crippen molar-refractivity contribution < 1.29 is 4.39 Å². The molecule has 21 heavy (non-hydrogen) atoms. The maximum Gasteiger partial charge on any atom is 0.141 e. The molecule has 1 aromatic heterocycles. The van der Waals surface area contributed by atoms with Gasteiger partial charge in [-0.05, 0) is 23.8 Å². The summed E-state index contributed by atoms with van der Waals surface area (Å²) in [7, 11) is 0. The summed E-state index contributed by atoms with van der Waals surface area (Å²) in [6, 6.07) is 12.6. The Kier molecular flexibility index (Phi) is 4.15. The standard InChI is InChI=1S/C16H13Cl2FN2/c17-12-7-10(5-6-13(12)19)8-20-9-15-16(18)11-3-1-2-4-14(11)21-15/h1-7,20-21H,8-9H2. The SMILES string of the molecule is Fc1ccc(CNCc2[nH]c3ccccc3c2Cl)cc1Cl. The third-order valence-electron chi connectivity index (χ3n) is 3.33. The van der Waals surface area contributed by atoms with E-state index in [4.69, 9.17) is 23.2 Å². The van der Waals surface area contributed by atoms with Gasteiger partial charge in [0.05, 0.1) is 10.0 Å². The van der Waals surface area contributed by atoms with Gasteiger partial charge in [-0.2, -0.15) is 0 Å². The van der Waals surface area contributed by atoms with Gasteiger partial charge in [-0.1, -0.05) is 47.5 Å². The van der Waals surface area contributed by atoms with Gasteiger partial charge in [-0.15, -0.1) is 0 Å². The van der Waals surface area contributed by atoms with Crippen LogP contribution in [0.4, 0.5) is 4.39 Å². The molecule has 0 saturated heterocycles. The highest BCUT2D eigenvalue weighted by Gasteiger charge is 2.08. The molecule has 3 aromatic rings. The Morgan fingerprint density at radius 2 is 1.86 bits per heavy atom. The number of nitrogens with one attached hydrogen (secondary N) is 2. The van der Waals surface area contributed by atoms with Gasteiger partial charge in [0.1, 0.15) is 5.82 Å². The zero-order chi connectivity index (χ0) is 14.8. The van der Waals surface area contributed by atoms with E-state index < -0.39 is 5.82 Å². The van der Waals surface area contributed by atoms with E-state index in [0.29, 0.717) is 13.1 Å². The van der Waals surface area contributed by atoms with Crippen LogP contribution in [-0.2, 0) is 13.1 Å². The normalized spacial score (nSPS) is 11.2. The molecule has 0 aliphatic heterocycles. The lowest BCUT2D eigenvalue weighted by molar-refractivity contribution is 0.625. The van der Waals surface area contributed by atoms with Gasteiger partial charge >= 0.3 is 0 Å². The predicted octanol–water partition coefficient (Wildman–Crippen LogP) is 4.90. The zero-order valence-electron chi connectivity index (χ0n) is 11.1. The fourth-order valence-corrected chi connectivity index (χ4v) is 2.75. The van der Waals surface area contributed by atoms with Gasteiger partial charge in [0, 0.05) is 29.7 Å². The lowest BCUT2D eigenvalue weighted by atomic mass is 10.2. The Morgan fingerprint density at radius 3 is 2.62 bits per heavy atom. The number of H-pyrrole nitrogens is 1. The zero-order valence-corrected chi connectivity index (χ0v) is 12.6. The van der Waals surface area contributed by atoms with Crippen LogP contribution in [0.25, 0.3) is 10.9 Å². The molecular weight excluding hydrogens is 310 g/mol. The van der Waals surface area contributed by atoms with E-state index >= 15 is 0 Å². The summed E-state index contributed by atoms with van der Waals surface area (Å²) in [6.45, 7) is 1.19. The van der Waals surface area contributed by atoms with Gasteiger partial charge in [-0.3, -0.25) is 0 Å². The van der Waals surface area contributed by atoms with E-state index in [2.05, 4.69) is 10.3 Å². The molecule has 3 rings (SSSR count). The number of hydrogen-bond acceptors (Lipinski definition) is 1. The van der Waals surface area contributed by atoms with Crippen molar-refractivity contribution in [3.8, 4) is 0 Å². The van der Waals surface area contributed by atoms with Gasteiger partial charge in [0.2, 0.25) is 0 Å².